The van der Waals surface area contributed by atoms with Crippen LogP contribution in [0.15, 0.2) is 34.5 Å². The highest BCUT2D eigenvalue weighted by atomic mass is 16.3. The number of azo groups is 1. The normalized spacial score (nSPS) is 16.5. The lowest BCUT2D eigenvalue weighted by Gasteiger charge is -2.22. The van der Waals surface area contributed by atoms with E-state index in [2.05, 4.69) is 15.2 Å². The highest BCUT2D eigenvalue weighted by Gasteiger charge is 2.15. The molecule has 3 N–H and O–H groups in total. The molecule has 1 aromatic heterocycles. The van der Waals surface area contributed by atoms with Crippen LogP contribution in [0.2, 0.25) is 0 Å². The van der Waals surface area contributed by atoms with Gasteiger partial charge in [-0.25, -0.2) is 0 Å². The average Bonchev–Trinajstić information content (AvgIpc) is 2.87. The van der Waals surface area contributed by atoms with E-state index in [0.29, 0.717) is 12.1 Å². The van der Waals surface area contributed by atoms with Crippen LogP contribution in [0.25, 0.3) is 10.9 Å². The molecule has 2 heterocycles. The van der Waals surface area contributed by atoms with Gasteiger partial charge in [-0.1, -0.05) is 18.2 Å². The summed E-state index contributed by atoms with van der Waals surface area (Å²) in [6.07, 6.45) is 4.20. The number of carbonyl (C=O) groups excluding carboxylic acids is 1. The molecule has 0 atom stereocenters. The van der Waals surface area contributed by atoms with Crippen molar-refractivity contribution in [2.75, 3.05) is 19.6 Å². The summed E-state index contributed by atoms with van der Waals surface area (Å²) in [6, 6.07) is 7.40. The molecule has 0 saturated carbocycles. The second-order valence-corrected chi connectivity index (χ2v) is 5.77. The van der Waals surface area contributed by atoms with Crippen LogP contribution in [0.4, 0.5) is 5.69 Å². The van der Waals surface area contributed by atoms with E-state index in [1.165, 1.54) is 24.2 Å². The molecule has 1 amide bonds. The number of nitrogens with one attached hydrogen (secondary N) is 2. The molecule has 6 heteroatoms. The first-order valence-electron chi connectivity index (χ1n) is 7.82. The fourth-order valence-corrected chi connectivity index (χ4v) is 2.96. The van der Waals surface area contributed by atoms with Crippen LogP contribution in [-0.2, 0) is 4.79 Å². The van der Waals surface area contributed by atoms with Crippen LogP contribution in [0, 0.1) is 0 Å². The van der Waals surface area contributed by atoms with Gasteiger partial charge in [0.1, 0.15) is 0 Å². The van der Waals surface area contributed by atoms with Crippen molar-refractivity contribution in [3.8, 4) is 5.88 Å². The zero-order valence-electron chi connectivity index (χ0n) is 12.5. The second-order valence-electron chi connectivity index (χ2n) is 5.77. The summed E-state index contributed by atoms with van der Waals surface area (Å²) in [5.74, 6) is -0.290. The maximum Gasteiger partial charge on any atom is 0.270 e. The molecule has 1 aliphatic heterocycles. The van der Waals surface area contributed by atoms with E-state index < -0.39 is 0 Å². The van der Waals surface area contributed by atoms with E-state index in [1.54, 1.807) is 0 Å². The molecule has 3 rings (SSSR count). The lowest BCUT2D eigenvalue weighted by Crippen LogP contribution is -3.12. The van der Waals surface area contributed by atoms with Crippen LogP contribution in [-0.4, -0.2) is 35.6 Å². The number of benzene rings is 1. The SMILES string of the molecule is O=C(CC[NH+]1CCCCC1)N=Nc1c(O)[nH]c2ccccc12. The summed E-state index contributed by atoms with van der Waals surface area (Å²) >= 11 is 0. The predicted octanol–water partition coefficient (Wildman–Crippen LogP) is 1.94. The standard InChI is InChI=1S/C16H20N4O2/c21-14(8-11-20-9-4-1-5-10-20)18-19-15-12-6-2-3-7-13(12)17-16(15)22/h2-3,6-7,17,22H,1,4-5,8-11H2/p+1. The molecule has 0 bridgehead atoms. The molecule has 22 heavy (non-hydrogen) atoms. The third-order valence-corrected chi connectivity index (χ3v) is 4.17. The molecule has 6 nitrogen and oxygen atoms in total. The van der Waals surface area contributed by atoms with Gasteiger partial charge in [-0.3, -0.25) is 4.79 Å². The average molecular weight is 301 g/mol. The van der Waals surface area contributed by atoms with Crippen LogP contribution in [0.1, 0.15) is 25.7 Å². The Kier molecular flexibility index (Phi) is 4.48. The first-order valence-corrected chi connectivity index (χ1v) is 7.82. The molecule has 0 aliphatic carbocycles. The van der Waals surface area contributed by atoms with E-state index in [4.69, 9.17) is 0 Å². The largest absolute Gasteiger partial charge is 0.493 e. The molecule has 1 fully saturated rings. The summed E-state index contributed by atoms with van der Waals surface area (Å²) in [5.41, 5.74) is 1.11. The van der Waals surface area contributed by atoms with E-state index in [9.17, 15) is 9.90 Å². The van der Waals surface area contributed by atoms with E-state index >= 15 is 0 Å². The number of hydrogen-bond donors (Lipinski definition) is 3. The summed E-state index contributed by atoms with van der Waals surface area (Å²) in [7, 11) is 0. The Bertz CT molecular complexity index is 687. The number of rotatable bonds is 4. The van der Waals surface area contributed by atoms with Crippen molar-refractivity contribution in [3.63, 3.8) is 0 Å². The van der Waals surface area contributed by atoms with Crippen molar-refractivity contribution in [1.82, 2.24) is 4.98 Å². The van der Waals surface area contributed by atoms with Crippen LogP contribution in [0.5, 0.6) is 5.88 Å². The Balaban J connectivity index is 1.62. The predicted molar refractivity (Wildman–Crippen MR) is 83.5 cm³/mol. The van der Waals surface area contributed by atoms with Crippen LogP contribution >= 0.6 is 0 Å². The zero-order chi connectivity index (χ0) is 15.4. The number of nitrogens with zero attached hydrogens (tertiary/aromatic N) is 2. The fraction of sp³-hybridized carbons (Fsp3) is 0.438. The van der Waals surface area contributed by atoms with Crippen molar-refractivity contribution >= 4 is 22.5 Å². The monoisotopic (exact) mass is 301 g/mol. The Hall–Kier alpha value is -2.21. The number of aromatic amines is 1. The minimum absolute atomic E-state index is 0.0561. The second kappa shape index (κ2) is 6.70. The number of amides is 1. The molecular formula is C16H21N4O2+. The highest BCUT2D eigenvalue weighted by molar-refractivity contribution is 5.94. The Morgan fingerprint density at radius 3 is 2.82 bits per heavy atom. The Morgan fingerprint density at radius 1 is 1.23 bits per heavy atom. The summed E-state index contributed by atoms with van der Waals surface area (Å²) in [6.45, 7) is 3.11. The summed E-state index contributed by atoms with van der Waals surface area (Å²) in [5, 5.41) is 18.3. The van der Waals surface area contributed by atoms with Crippen molar-refractivity contribution in [1.29, 1.82) is 0 Å². The molecule has 0 radical (unpaired) electrons. The smallest absolute Gasteiger partial charge is 0.270 e. The summed E-state index contributed by atoms with van der Waals surface area (Å²) < 4.78 is 0. The first-order chi connectivity index (χ1) is 10.7. The minimum Gasteiger partial charge on any atom is -0.493 e. The number of aromatic nitrogens is 1. The Labute approximate surface area is 128 Å². The topological polar surface area (TPSA) is 82.2 Å². The molecule has 1 aliphatic rings. The van der Waals surface area contributed by atoms with Crippen molar-refractivity contribution < 1.29 is 14.8 Å². The van der Waals surface area contributed by atoms with E-state index in [1.807, 2.05) is 24.3 Å². The van der Waals surface area contributed by atoms with Crippen LogP contribution in [0.3, 0.4) is 0 Å². The quantitative estimate of drug-likeness (QED) is 0.754. The van der Waals surface area contributed by atoms with Gasteiger partial charge in [-0.2, -0.15) is 0 Å². The number of likely N-dealkylation sites (tertiary alicyclic amines) is 1. The van der Waals surface area contributed by atoms with Gasteiger partial charge >= 0.3 is 0 Å². The van der Waals surface area contributed by atoms with E-state index in [-0.39, 0.29) is 11.8 Å². The van der Waals surface area contributed by atoms with Gasteiger partial charge in [0.15, 0.2) is 5.69 Å². The molecule has 116 valence electrons. The van der Waals surface area contributed by atoms with Gasteiger partial charge < -0.3 is 15.0 Å². The summed E-state index contributed by atoms with van der Waals surface area (Å²) in [4.78, 5) is 16.2. The molecule has 2 aromatic rings. The fourth-order valence-electron chi connectivity index (χ4n) is 2.96. The number of fused-ring (bicyclic) bond motifs is 1. The lowest BCUT2D eigenvalue weighted by molar-refractivity contribution is -0.904. The molecule has 0 spiro atoms. The van der Waals surface area contributed by atoms with Crippen molar-refractivity contribution in [2.24, 2.45) is 10.2 Å². The van der Waals surface area contributed by atoms with Crippen molar-refractivity contribution in [2.45, 2.75) is 25.7 Å². The van der Waals surface area contributed by atoms with Crippen LogP contribution < -0.4 is 4.90 Å². The number of hydrogen-bond acceptors (Lipinski definition) is 3. The van der Waals surface area contributed by atoms with E-state index in [0.717, 1.165) is 30.5 Å². The van der Waals surface area contributed by atoms with Gasteiger partial charge in [0.05, 0.1) is 31.6 Å². The molecule has 1 aromatic carbocycles. The third kappa shape index (κ3) is 3.33. The minimum atomic E-state index is -0.234. The number of aromatic hydroxyl groups is 1. The maximum absolute atomic E-state index is 11.9. The zero-order valence-corrected chi connectivity index (χ0v) is 12.5. The molecule has 1 saturated heterocycles. The number of piperidine rings is 1. The highest BCUT2D eigenvalue weighted by Crippen LogP contribution is 2.35. The van der Waals surface area contributed by atoms with Gasteiger partial charge in [-0.05, 0) is 25.3 Å². The number of H-pyrrole nitrogens is 1. The van der Waals surface area contributed by atoms with Gasteiger partial charge in [0.2, 0.25) is 5.88 Å². The Morgan fingerprint density at radius 2 is 2.00 bits per heavy atom. The third-order valence-electron chi connectivity index (χ3n) is 4.17. The van der Waals surface area contributed by atoms with Crippen molar-refractivity contribution in [3.05, 3.63) is 24.3 Å². The van der Waals surface area contributed by atoms with Gasteiger partial charge in [0, 0.05) is 5.39 Å². The molecular weight excluding hydrogens is 280 g/mol. The number of para-hydroxylation sites is 1. The maximum atomic E-state index is 11.9. The lowest BCUT2D eigenvalue weighted by atomic mass is 10.1. The number of carbonyl (C=O) groups is 1. The molecule has 0 unspecified atom stereocenters. The van der Waals surface area contributed by atoms with Gasteiger partial charge in [0.25, 0.3) is 5.91 Å². The number of quaternary nitrogens is 1. The first kappa shape index (κ1) is 14.7. The van der Waals surface area contributed by atoms with Gasteiger partial charge in [-0.15, -0.1) is 10.2 Å².